The first-order valence-electron chi connectivity index (χ1n) is 9.92. The molecule has 0 aromatic carbocycles. The van der Waals surface area contributed by atoms with Crippen molar-refractivity contribution < 1.29 is 19.1 Å². The molecule has 0 N–H and O–H groups in total. The Hall–Kier alpha value is -2.96. The lowest BCUT2D eigenvalue weighted by Crippen LogP contribution is -2.35. The molecule has 7 heteroatoms. The third-order valence-electron chi connectivity index (χ3n) is 4.94. The lowest BCUT2D eigenvalue weighted by atomic mass is 10.0. The Morgan fingerprint density at radius 2 is 1.76 bits per heavy atom. The summed E-state index contributed by atoms with van der Waals surface area (Å²) in [6.45, 7) is 10.1. The third kappa shape index (κ3) is 4.91. The minimum Gasteiger partial charge on any atom is -0.461 e. The number of hydrogen-bond acceptors (Lipinski definition) is 5. The van der Waals surface area contributed by atoms with Crippen LogP contribution in [0.15, 0.2) is 24.5 Å². The van der Waals surface area contributed by atoms with Crippen molar-refractivity contribution in [3.05, 3.63) is 52.6 Å². The van der Waals surface area contributed by atoms with Crippen molar-refractivity contribution in [2.24, 2.45) is 0 Å². The van der Waals surface area contributed by atoms with E-state index in [0.29, 0.717) is 42.0 Å². The quantitative estimate of drug-likeness (QED) is 0.477. The molecule has 0 saturated carbocycles. The predicted molar refractivity (Wildman–Crippen MR) is 110 cm³/mol. The number of Topliss-reactive ketones (excluding diaryl/α,β-unsaturated/α-hetero) is 1. The van der Waals surface area contributed by atoms with Crippen molar-refractivity contribution in [3.63, 3.8) is 0 Å². The van der Waals surface area contributed by atoms with Crippen LogP contribution in [-0.4, -0.2) is 45.3 Å². The second-order valence-electron chi connectivity index (χ2n) is 6.78. The number of nitrogens with zero attached hydrogens (tertiary/aromatic N) is 3. The van der Waals surface area contributed by atoms with Gasteiger partial charge in [-0.1, -0.05) is 6.92 Å². The first-order valence-corrected chi connectivity index (χ1v) is 9.92. The number of esters is 1. The first-order chi connectivity index (χ1) is 13.8. The van der Waals surface area contributed by atoms with E-state index in [9.17, 15) is 14.4 Å². The summed E-state index contributed by atoms with van der Waals surface area (Å²) in [6, 6.07) is 3.65. The van der Waals surface area contributed by atoms with Gasteiger partial charge >= 0.3 is 5.97 Å². The highest BCUT2D eigenvalue weighted by Crippen LogP contribution is 2.24. The average molecular weight is 399 g/mol. The predicted octanol–water partition coefficient (Wildman–Crippen LogP) is 3.32. The molecule has 0 atom stereocenters. The Balaban J connectivity index is 2.36. The maximum absolute atomic E-state index is 13.2. The maximum Gasteiger partial charge on any atom is 0.355 e. The lowest BCUT2D eigenvalue weighted by molar-refractivity contribution is -0.131. The van der Waals surface area contributed by atoms with Gasteiger partial charge in [0.25, 0.3) is 0 Å². The smallest absolute Gasteiger partial charge is 0.355 e. The second-order valence-corrected chi connectivity index (χ2v) is 6.78. The van der Waals surface area contributed by atoms with Crippen LogP contribution in [-0.2, 0) is 22.6 Å². The number of carbonyl (C=O) groups is 3. The zero-order valence-electron chi connectivity index (χ0n) is 17.8. The normalized spacial score (nSPS) is 10.7. The Labute approximate surface area is 171 Å². The standard InChI is InChI=1S/C22H29N3O4/c1-6-19(27)24(13-17-9-11-23-12-10-17)14-18(26)20-15(4)21(22(28)29-8-3)25(7-2)16(20)5/h9-12H,6-8,13-14H2,1-5H3. The van der Waals surface area contributed by atoms with E-state index in [1.165, 1.54) is 0 Å². The van der Waals surface area contributed by atoms with Crippen molar-refractivity contribution in [1.29, 1.82) is 0 Å². The van der Waals surface area contributed by atoms with Crippen LogP contribution in [0.2, 0.25) is 0 Å². The van der Waals surface area contributed by atoms with Crippen LogP contribution in [0.5, 0.6) is 0 Å². The molecule has 0 aliphatic rings. The Bertz CT molecular complexity index is 887. The topological polar surface area (TPSA) is 81.5 Å². The zero-order chi connectivity index (χ0) is 21.6. The van der Waals surface area contributed by atoms with Crippen molar-refractivity contribution in [1.82, 2.24) is 14.5 Å². The van der Waals surface area contributed by atoms with Crippen molar-refractivity contribution in [2.75, 3.05) is 13.2 Å². The molecule has 29 heavy (non-hydrogen) atoms. The average Bonchev–Trinajstić information content (AvgIpc) is 2.97. The van der Waals surface area contributed by atoms with Gasteiger partial charge in [-0.25, -0.2) is 4.79 Å². The van der Waals surface area contributed by atoms with Crippen LogP contribution in [0.25, 0.3) is 0 Å². The molecule has 0 fully saturated rings. The van der Waals surface area contributed by atoms with Crippen LogP contribution in [0, 0.1) is 13.8 Å². The fourth-order valence-electron chi connectivity index (χ4n) is 3.58. The number of ketones is 1. The molecule has 1 amide bonds. The van der Waals surface area contributed by atoms with Crippen LogP contribution >= 0.6 is 0 Å². The van der Waals surface area contributed by atoms with E-state index in [2.05, 4.69) is 4.98 Å². The molecule has 0 saturated heterocycles. The number of carbonyl (C=O) groups excluding carboxylic acids is 3. The molecule has 0 spiro atoms. The van der Waals surface area contributed by atoms with Crippen molar-refractivity contribution in [3.8, 4) is 0 Å². The lowest BCUT2D eigenvalue weighted by Gasteiger charge is -2.22. The van der Waals surface area contributed by atoms with Crippen LogP contribution in [0.4, 0.5) is 0 Å². The summed E-state index contributed by atoms with van der Waals surface area (Å²) in [5.74, 6) is -0.730. The van der Waals surface area contributed by atoms with Crippen LogP contribution in [0.1, 0.15) is 64.9 Å². The monoisotopic (exact) mass is 399 g/mol. The summed E-state index contributed by atoms with van der Waals surface area (Å²) in [4.78, 5) is 43.6. The van der Waals surface area contributed by atoms with Gasteiger partial charge in [0.15, 0.2) is 5.78 Å². The summed E-state index contributed by atoms with van der Waals surface area (Å²) in [5.41, 5.74) is 3.10. The van der Waals surface area contributed by atoms with Gasteiger partial charge in [0.1, 0.15) is 5.69 Å². The molecule has 156 valence electrons. The van der Waals surface area contributed by atoms with Gasteiger partial charge < -0.3 is 14.2 Å². The second kappa shape index (κ2) is 10.0. The SMILES string of the molecule is CCOC(=O)c1c(C)c(C(=O)CN(Cc2ccncc2)C(=O)CC)c(C)n1CC. The maximum atomic E-state index is 13.2. The highest BCUT2D eigenvalue weighted by Gasteiger charge is 2.28. The van der Waals surface area contributed by atoms with Crippen molar-refractivity contribution in [2.45, 2.75) is 54.1 Å². The number of hydrogen-bond donors (Lipinski definition) is 0. The van der Waals surface area contributed by atoms with Gasteiger partial charge in [0.2, 0.25) is 5.91 Å². The van der Waals surface area contributed by atoms with Crippen LogP contribution < -0.4 is 0 Å². The molecule has 0 unspecified atom stereocenters. The number of ether oxygens (including phenoxy) is 1. The van der Waals surface area contributed by atoms with E-state index in [-0.39, 0.29) is 24.8 Å². The highest BCUT2D eigenvalue weighted by atomic mass is 16.5. The number of amides is 1. The van der Waals surface area contributed by atoms with Gasteiger partial charge in [-0.05, 0) is 51.0 Å². The summed E-state index contributed by atoms with van der Waals surface area (Å²) in [5, 5.41) is 0. The van der Waals surface area contributed by atoms with E-state index >= 15 is 0 Å². The summed E-state index contributed by atoms with van der Waals surface area (Å²) in [7, 11) is 0. The number of aromatic nitrogens is 2. The molecular weight excluding hydrogens is 370 g/mol. The minimum atomic E-state index is -0.438. The molecule has 2 aromatic heterocycles. The summed E-state index contributed by atoms with van der Waals surface area (Å²) in [6.07, 6.45) is 3.63. The fourth-order valence-corrected chi connectivity index (χ4v) is 3.58. The Kier molecular flexibility index (Phi) is 7.70. The molecule has 0 bridgehead atoms. The summed E-state index contributed by atoms with van der Waals surface area (Å²) >= 11 is 0. The largest absolute Gasteiger partial charge is 0.461 e. The zero-order valence-corrected chi connectivity index (χ0v) is 17.8. The molecule has 0 radical (unpaired) electrons. The third-order valence-corrected chi connectivity index (χ3v) is 4.94. The van der Waals surface area contributed by atoms with Gasteiger partial charge in [-0.15, -0.1) is 0 Å². The molecule has 7 nitrogen and oxygen atoms in total. The van der Waals surface area contributed by atoms with E-state index in [1.807, 2.05) is 26.0 Å². The number of rotatable bonds is 9. The Morgan fingerprint density at radius 1 is 1.10 bits per heavy atom. The molecule has 0 aliphatic carbocycles. The van der Waals surface area contributed by atoms with E-state index in [0.717, 1.165) is 5.56 Å². The van der Waals surface area contributed by atoms with E-state index < -0.39 is 5.97 Å². The van der Waals surface area contributed by atoms with Crippen molar-refractivity contribution >= 4 is 17.7 Å². The minimum absolute atomic E-state index is 0.0489. The molecule has 2 heterocycles. The first kappa shape index (κ1) is 22.3. The van der Waals surface area contributed by atoms with E-state index in [1.54, 1.807) is 42.6 Å². The van der Waals surface area contributed by atoms with Gasteiger partial charge in [-0.2, -0.15) is 0 Å². The molecule has 0 aliphatic heterocycles. The van der Waals surface area contributed by atoms with Gasteiger partial charge in [-0.3, -0.25) is 14.6 Å². The fraction of sp³-hybridized carbons (Fsp3) is 0.455. The molecule has 2 aromatic rings. The van der Waals surface area contributed by atoms with Gasteiger partial charge in [0, 0.05) is 43.2 Å². The molecule has 2 rings (SSSR count). The van der Waals surface area contributed by atoms with Crippen LogP contribution in [0.3, 0.4) is 0 Å². The highest BCUT2D eigenvalue weighted by molar-refractivity contribution is 6.04. The summed E-state index contributed by atoms with van der Waals surface area (Å²) < 4.78 is 6.97. The molecular formula is C22H29N3O4. The van der Waals surface area contributed by atoms with Gasteiger partial charge in [0.05, 0.1) is 13.2 Å². The number of pyridine rings is 1. The van der Waals surface area contributed by atoms with E-state index in [4.69, 9.17) is 4.74 Å². The Morgan fingerprint density at radius 3 is 2.31 bits per heavy atom.